The molecule has 1 fully saturated rings. The molecule has 7 nitrogen and oxygen atoms in total. The van der Waals surface area contributed by atoms with E-state index in [0.29, 0.717) is 12.5 Å². The van der Waals surface area contributed by atoms with Crippen LogP contribution in [0, 0.1) is 5.41 Å². The zero-order valence-electron chi connectivity index (χ0n) is 16.2. The third-order valence-electron chi connectivity index (χ3n) is 4.48. The van der Waals surface area contributed by atoms with Gasteiger partial charge in [0.2, 0.25) is 11.8 Å². The Balaban J connectivity index is 2.76. The predicted octanol–water partition coefficient (Wildman–Crippen LogP) is 0.621. The summed E-state index contributed by atoms with van der Waals surface area (Å²) in [5, 5.41) is 6.55. The van der Waals surface area contributed by atoms with Gasteiger partial charge in [0.1, 0.15) is 6.54 Å². The Labute approximate surface area is 156 Å². The van der Waals surface area contributed by atoms with Gasteiger partial charge in [-0.3, -0.25) is 9.59 Å². The Hall–Kier alpha value is -1.44. The van der Waals surface area contributed by atoms with Crippen molar-refractivity contribution in [3.63, 3.8) is 0 Å². The molecular formula is C17H33N5O2S. The highest BCUT2D eigenvalue weighted by molar-refractivity contribution is 7.98. The Bertz CT molecular complexity index is 474. The highest BCUT2D eigenvalue weighted by atomic mass is 32.2. The first kappa shape index (κ1) is 21.6. The summed E-state index contributed by atoms with van der Waals surface area (Å²) in [6, 6.07) is 0. The molecule has 0 spiro atoms. The lowest BCUT2D eigenvalue weighted by Gasteiger charge is -2.31. The molecular weight excluding hydrogens is 338 g/mol. The molecule has 0 atom stereocenters. The fraction of sp³-hybridized carbons (Fsp3) is 0.824. The maximum atomic E-state index is 12.7. The van der Waals surface area contributed by atoms with Gasteiger partial charge in [-0.1, -0.05) is 12.8 Å². The molecule has 0 aromatic heterocycles. The van der Waals surface area contributed by atoms with Gasteiger partial charge in [-0.2, -0.15) is 11.8 Å². The molecule has 0 bridgehead atoms. The minimum Gasteiger partial charge on any atom is -0.356 e. The Kier molecular flexibility index (Phi) is 9.10. The molecule has 1 saturated carbocycles. The fourth-order valence-electron chi connectivity index (χ4n) is 2.98. The maximum Gasteiger partial charge on any atom is 0.243 e. The molecule has 0 radical (unpaired) electrons. The van der Waals surface area contributed by atoms with E-state index in [1.807, 2.05) is 20.4 Å². The van der Waals surface area contributed by atoms with E-state index in [-0.39, 0.29) is 23.8 Å². The molecule has 8 heteroatoms. The number of hydrogen-bond donors (Lipinski definition) is 2. The largest absolute Gasteiger partial charge is 0.356 e. The molecule has 0 aromatic rings. The summed E-state index contributed by atoms with van der Waals surface area (Å²) >= 11 is 1.74. The van der Waals surface area contributed by atoms with Crippen LogP contribution in [-0.2, 0) is 9.59 Å². The summed E-state index contributed by atoms with van der Waals surface area (Å²) in [5.41, 5.74) is -0.364. The second-order valence-corrected chi connectivity index (χ2v) is 7.90. The number of aliphatic imine (C=N–C) groups is 1. The van der Waals surface area contributed by atoms with Crippen LogP contribution in [0.25, 0.3) is 0 Å². The zero-order valence-corrected chi connectivity index (χ0v) is 17.0. The van der Waals surface area contributed by atoms with Crippen molar-refractivity contribution in [2.24, 2.45) is 10.4 Å². The molecule has 0 heterocycles. The van der Waals surface area contributed by atoms with Crippen LogP contribution in [0.5, 0.6) is 0 Å². The van der Waals surface area contributed by atoms with Gasteiger partial charge in [-0.15, -0.1) is 0 Å². The molecule has 1 aliphatic rings. The molecule has 0 unspecified atom stereocenters. The minimum absolute atomic E-state index is 0.0501. The Morgan fingerprint density at radius 3 is 2.24 bits per heavy atom. The lowest BCUT2D eigenvalue weighted by atomic mass is 9.84. The van der Waals surface area contributed by atoms with Gasteiger partial charge in [-0.25, -0.2) is 4.99 Å². The molecule has 2 amide bonds. The van der Waals surface area contributed by atoms with E-state index < -0.39 is 0 Å². The first-order valence-corrected chi connectivity index (χ1v) is 10.1. The average Bonchev–Trinajstić information content (AvgIpc) is 3.05. The van der Waals surface area contributed by atoms with Crippen molar-refractivity contribution < 1.29 is 9.59 Å². The average molecular weight is 372 g/mol. The second kappa shape index (κ2) is 10.5. The van der Waals surface area contributed by atoms with Crippen molar-refractivity contribution in [3.05, 3.63) is 0 Å². The summed E-state index contributed by atoms with van der Waals surface area (Å²) in [7, 11) is 7.05. The number of carbonyl (C=O) groups excluding carboxylic acids is 2. The SMILES string of the molecule is CSCCNC(=NCC(=O)N(C)C)NCC1(C(=O)N(C)C)CCCC1. The van der Waals surface area contributed by atoms with Gasteiger partial charge in [-0.05, 0) is 19.1 Å². The van der Waals surface area contributed by atoms with E-state index in [1.54, 1.807) is 30.8 Å². The summed E-state index contributed by atoms with van der Waals surface area (Å²) < 4.78 is 0. The third-order valence-corrected chi connectivity index (χ3v) is 5.10. The van der Waals surface area contributed by atoms with E-state index in [9.17, 15) is 9.59 Å². The zero-order chi connectivity index (χ0) is 18.9. The van der Waals surface area contributed by atoms with E-state index >= 15 is 0 Å². The van der Waals surface area contributed by atoms with Gasteiger partial charge in [0.15, 0.2) is 5.96 Å². The normalized spacial score (nSPS) is 16.4. The number of thioether (sulfide) groups is 1. The van der Waals surface area contributed by atoms with E-state index in [1.165, 1.54) is 4.90 Å². The maximum absolute atomic E-state index is 12.7. The molecule has 0 aromatic carbocycles. The van der Waals surface area contributed by atoms with Crippen LogP contribution in [-0.4, -0.2) is 87.4 Å². The topological polar surface area (TPSA) is 77.0 Å². The van der Waals surface area contributed by atoms with Crippen LogP contribution >= 0.6 is 11.8 Å². The summed E-state index contributed by atoms with van der Waals surface area (Å²) in [5.74, 6) is 1.67. The van der Waals surface area contributed by atoms with E-state index in [4.69, 9.17) is 0 Å². The van der Waals surface area contributed by atoms with Crippen LogP contribution in [0.2, 0.25) is 0 Å². The number of guanidine groups is 1. The smallest absolute Gasteiger partial charge is 0.243 e. The quantitative estimate of drug-likeness (QED) is 0.372. The lowest BCUT2D eigenvalue weighted by Crippen LogP contribution is -2.49. The number of nitrogens with zero attached hydrogens (tertiary/aromatic N) is 3. The van der Waals surface area contributed by atoms with Crippen molar-refractivity contribution in [3.8, 4) is 0 Å². The van der Waals surface area contributed by atoms with Gasteiger partial charge in [0.25, 0.3) is 0 Å². The first-order chi connectivity index (χ1) is 11.8. The number of hydrogen-bond acceptors (Lipinski definition) is 4. The molecule has 144 valence electrons. The molecule has 1 rings (SSSR count). The minimum atomic E-state index is -0.364. The third kappa shape index (κ3) is 6.76. The monoisotopic (exact) mass is 371 g/mol. The Morgan fingerprint density at radius 2 is 1.72 bits per heavy atom. The van der Waals surface area contributed by atoms with Crippen molar-refractivity contribution in [1.29, 1.82) is 0 Å². The van der Waals surface area contributed by atoms with Crippen molar-refractivity contribution in [2.45, 2.75) is 25.7 Å². The number of rotatable bonds is 8. The highest BCUT2D eigenvalue weighted by Gasteiger charge is 2.42. The lowest BCUT2D eigenvalue weighted by molar-refractivity contribution is -0.138. The standard InChI is InChI=1S/C17H33N5O2S/c1-21(2)14(23)12-19-16(18-10-11-25-5)20-13-17(8-6-7-9-17)15(24)22(3)4/h6-13H2,1-5H3,(H2,18,19,20). The first-order valence-electron chi connectivity index (χ1n) is 8.75. The molecule has 0 saturated heterocycles. The van der Waals surface area contributed by atoms with Gasteiger partial charge in [0, 0.05) is 47.0 Å². The fourth-order valence-corrected chi connectivity index (χ4v) is 3.29. The van der Waals surface area contributed by atoms with Crippen molar-refractivity contribution in [1.82, 2.24) is 20.4 Å². The van der Waals surface area contributed by atoms with Crippen LogP contribution in [0.15, 0.2) is 4.99 Å². The molecule has 2 N–H and O–H groups in total. The number of carbonyl (C=O) groups is 2. The highest BCUT2D eigenvalue weighted by Crippen LogP contribution is 2.38. The van der Waals surface area contributed by atoms with Crippen LogP contribution in [0.4, 0.5) is 0 Å². The van der Waals surface area contributed by atoms with E-state index in [2.05, 4.69) is 15.6 Å². The van der Waals surface area contributed by atoms with Crippen LogP contribution in [0.3, 0.4) is 0 Å². The number of likely N-dealkylation sites (N-methyl/N-ethyl adjacent to an activating group) is 1. The van der Waals surface area contributed by atoms with Gasteiger partial charge in [0.05, 0.1) is 5.41 Å². The summed E-state index contributed by atoms with van der Waals surface area (Å²) in [6.07, 6.45) is 5.99. The van der Waals surface area contributed by atoms with Gasteiger partial charge < -0.3 is 20.4 Å². The van der Waals surface area contributed by atoms with E-state index in [0.717, 1.165) is 38.0 Å². The second-order valence-electron chi connectivity index (χ2n) is 6.91. The molecule has 1 aliphatic carbocycles. The van der Waals surface area contributed by atoms with Gasteiger partial charge >= 0.3 is 0 Å². The summed E-state index contributed by atoms with van der Waals surface area (Å²) in [6.45, 7) is 1.40. The number of nitrogens with one attached hydrogen (secondary N) is 2. The molecule has 0 aliphatic heterocycles. The van der Waals surface area contributed by atoms with Crippen LogP contribution < -0.4 is 10.6 Å². The van der Waals surface area contributed by atoms with Crippen LogP contribution in [0.1, 0.15) is 25.7 Å². The number of amides is 2. The molecule has 25 heavy (non-hydrogen) atoms. The predicted molar refractivity (Wildman–Crippen MR) is 105 cm³/mol. The van der Waals surface area contributed by atoms with Crippen molar-refractivity contribution >= 4 is 29.5 Å². The van der Waals surface area contributed by atoms with Crippen molar-refractivity contribution in [2.75, 3.05) is 59.8 Å². The summed E-state index contributed by atoms with van der Waals surface area (Å²) in [4.78, 5) is 32.0. The Morgan fingerprint density at radius 1 is 1.08 bits per heavy atom.